The van der Waals surface area contributed by atoms with Crippen LogP contribution in [0.2, 0.25) is 0 Å². The van der Waals surface area contributed by atoms with Crippen molar-refractivity contribution in [3.05, 3.63) is 24.2 Å². The first-order valence-electron chi connectivity index (χ1n) is 11.2. The van der Waals surface area contributed by atoms with E-state index in [-0.39, 0.29) is 5.91 Å². The van der Waals surface area contributed by atoms with Gasteiger partial charge in [0.15, 0.2) is 6.29 Å². The van der Waals surface area contributed by atoms with Gasteiger partial charge in [0, 0.05) is 25.6 Å². The summed E-state index contributed by atoms with van der Waals surface area (Å²) in [5, 5.41) is 0. The zero-order valence-electron chi connectivity index (χ0n) is 18.2. The van der Waals surface area contributed by atoms with Crippen LogP contribution < -0.4 is 16.1 Å². The zero-order chi connectivity index (χ0) is 22.1. The van der Waals surface area contributed by atoms with Crippen LogP contribution in [0.5, 0.6) is 0 Å². The summed E-state index contributed by atoms with van der Waals surface area (Å²) in [6.07, 6.45) is 14.5. The second kappa shape index (κ2) is 11.8. The van der Waals surface area contributed by atoms with Crippen LogP contribution in [-0.2, 0) is 19.2 Å². The Balaban J connectivity index is 1.57. The van der Waals surface area contributed by atoms with Crippen molar-refractivity contribution < 1.29 is 19.2 Å². The highest BCUT2D eigenvalue weighted by Gasteiger charge is 2.25. The van der Waals surface area contributed by atoms with Crippen LogP contribution in [0.15, 0.2) is 18.5 Å². The second-order valence-corrected chi connectivity index (χ2v) is 8.25. The van der Waals surface area contributed by atoms with E-state index in [1.165, 1.54) is 25.3 Å². The van der Waals surface area contributed by atoms with Crippen LogP contribution in [0.1, 0.15) is 64.0 Å². The molecule has 9 heteroatoms. The van der Waals surface area contributed by atoms with Gasteiger partial charge in [0.2, 0.25) is 5.91 Å². The largest absolute Gasteiger partial charge is 0.368 e. The van der Waals surface area contributed by atoms with Gasteiger partial charge in [0.25, 0.3) is 5.91 Å². The monoisotopic (exact) mass is 431 g/mol. The van der Waals surface area contributed by atoms with Gasteiger partial charge < -0.3 is 15.4 Å². The predicted octanol–water partition coefficient (Wildman–Crippen LogP) is 2.32. The maximum absolute atomic E-state index is 11.9. The Bertz CT molecular complexity index is 743. The number of ether oxygens (including phenoxy) is 1. The molecule has 1 unspecified atom stereocenters. The van der Waals surface area contributed by atoms with Gasteiger partial charge in [-0.3, -0.25) is 14.6 Å². The molecule has 0 aromatic carbocycles. The van der Waals surface area contributed by atoms with Crippen molar-refractivity contribution in [2.24, 2.45) is 11.7 Å². The maximum Gasteiger partial charge on any atom is 0.267 e. The van der Waals surface area contributed by atoms with E-state index >= 15 is 0 Å². The average molecular weight is 432 g/mol. The summed E-state index contributed by atoms with van der Waals surface area (Å²) in [5.41, 5.74) is 8.46. The van der Waals surface area contributed by atoms with Crippen molar-refractivity contribution in [3.8, 4) is 0 Å². The quantitative estimate of drug-likeness (QED) is 0.455. The van der Waals surface area contributed by atoms with E-state index < -0.39 is 18.2 Å². The van der Waals surface area contributed by atoms with Crippen molar-refractivity contribution >= 4 is 23.7 Å². The van der Waals surface area contributed by atoms with Crippen LogP contribution in [0.25, 0.3) is 6.08 Å². The topological polar surface area (TPSA) is 120 Å². The average Bonchev–Trinajstić information content (AvgIpc) is 2.81. The SMILES string of the molecule is C[C@H](C(N)=O)N(CC1CCCCC1)c1cnc(/C=C/C(=O)NOC2CCCCO2)cn1. The molecule has 1 saturated carbocycles. The summed E-state index contributed by atoms with van der Waals surface area (Å²) in [7, 11) is 0. The van der Waals surface area contributed by atoms with E-state index in [4.69, 9.17) is 15.3 Å². The third-order valence-electron chi connectivity index (χ3n) is 5.85. The molecule has 2 aliphatic rings. The molecule has 0 bridgehead atoms. The molecule has 0 radical (unpaired) electrons. The lowest BCUT2D eigenvalue weighted by Crippen LogP contribution is -2.45. The predicted molar refractivity (Wildman–Crippen MR) is 116 cm³/mol. The second-order valence-electron chi connectivity index (χ2n) is 8.25. The van der Waals surface area contributed by atoms with Gasteiger partial charge in [-0.05, 0) is 44.6 Å². The molecule has 3 rings (SSSR count). The molecule has 1 aliphatic heterocycles. The molecule has 3 N–H and O–H groups in total. The third-order valence-corrected chi connectivity index (χ3v) is 5.85. The van der Waals surface area contributed by atoms with Gasteiger partial charge in [-0.2, -0.15) is 0 Å². The van der Waals surface area contributed by atoms with Gasteiger partial charge in [-0.25, -0.2) is 15.3 Å². The van der Waals surface area contributed by atoms with Crippen molar-refractivity contribution in [1.29, 1.82) is 0 Å². The first kappa shape index (κ1) is 23.1. The number of nitrogens with two attached hydrogens (primary N) is 1. The number of hydrogen-bond donors (Lipinski definition) is 2. The highest BCUT2D eigenvalue weighted by Crippen LogP contribution is 2.26. The number of carbonyl (C=O) groups excluding carboxylic acids is 2. The standard InChI is InChI=1S/C22H33N5O4/c1-16(22(23)29)27(15-17-7-3-2-4-8-17)19-14-24-18(13-25-19)10-11-20(28)26-31-21-9-5-6-12-30-21/h10-11,13-14,16-17,21H,2-9,12,15H2,1H3,(H2,23,29)(H,26,28)/b11-10+/t16-,21?/m1/s1. The molecule has 9 nitrogen and oxygen atoms in total. The molecular formula is C22H33N5O4. The molecule has 1 saturated heterocycles. The van der Waals surface area contributed by atoms with Crippen molar-refractivity contribution in [2.75, 3.05) is 18.1 Å². The Morgan fingerprint density at radius 3 is 2.65 bits per heavy atom. The number of anilines is 1. The highest BCUT2D eigenvalue weighted by molar-refractivity contribution is 5.90. The molecule has 1 aliphatic carbocycles. The number of aromatic nitrogens is 2. The Labute approximate surface area is 183 Å². The number of nitrogens with one attached hydrogen (secondary N) is 1. The van der Waals surface area contributed by atoms with E-state index in [0.717, 1.165) is 38.6 Å². The lowest BCUT2D eigenvalue weighted by molar-refractivity contribution is -0.198. The van der Waals surface area contributed by atoms with Crippen LogP contribution in [0.4, 0.5) is 5.82 Å². The van der Waals surface area contributed by atoms with Crippen molar-refractivity contribution in [3.63, 3.8) is 0 Å². The van der Waals surface area contributed by atoms with E-state index in [2.05, 4.69) is 15.4 Å². The Kier molecular flexibility index (Phi) is 8.78. The van der Waals surface area contributed by atoms with E-state index in [1.54, 1.807) is 25.4 Å². The summed E-state index contributed by atoms with van der Waals surface area (Å²) >= 11 is 0. The lowest BCUT2D eigenvalue weighted by Gasteiger charge is -2.33. The van der Waals surface area contributed by atoms with E-state index in [0.29, 0.717) is 24.0 Å². The number of hydrogen-bond acceptors (Lipinski definition) is 7. The number of amides is 2. The Morgan fingerprint density at radius 1 is 1.23 bits per heavy atom. The smallest absolute Gasteiger partial charge is 0.267 e. The minimum absolute atomic E-state index is 0.389. The van der Waals surface area contributed by atoms with Gasteiger partial charge in [-0.15, -0.1) is 0 Å². The number of primary amides is 1. The Morgan fingerprint density at radius 2 is 2.00 bits per heavy atom. The number of nitrogens with zero attached hydrogens (tertiary/aromatic N) is 3. The van der Waals surface area contributed by atoms with E-state index in [9.17, 15) is 9.59 Å². The molecule has 1 aromatic rings. The van der Waals surface area contributed by atoms with Crippen molar-refractivity contribution in [1.82, 2.24) is 15.4 Å². The Hall–Kier alpha value is -2.52. The lowest BCUT2D eigenvalue weighted by atomic mass is 9.88. The minimum Gasteiger partial charge on any atom is -0.368 e. The van der Waals surface area contributed by atoms with Crippen LogP contribution in [-0.4, -0.2) is 47.3 Å². The molecule has 1 aromatic heterocycles. The van der Waals surface area contributed by atoms with Gasteiger partial charge >= 0.3 is 0 Å². The molecular weight excluding hydrogens is 398 g/mol. The molecule has 170 valence electrons. The molecule has 2 atom stereocenters. The third kappa shape index (κ3) is 7.29. The van der Waals surface area contributed by atoms with Crippen LogP contribution in [0.3, 0.4) is 0 Å². The normalized spacial score (nSPS) is 21.0. The molecule has 2 fully saturated rings. The fraction of sp³-hybridized carbons (Fsp3) is 0.636. The van der Waals surface area contributed by atoms with Gasteiger partial charge in [-0.1, -0.05) is 19.3 Å². The molecule has 31 heavy (non-hydrogen) atoms. The van der Waals surface area contributed by atoms with Gasteiger partial charge in [0.05, 0.1) is 18.1 Å². The number of rotatable bonds is 9. The van der Waals surface area contributed by atoms with Crippen molar-refractivity contribution in [2.45, 2.75) is 70.6 Å². The fourth-order valence-corrected chi connectivity index (χ4v) is 3.94. The summed E-state index contributed by atoms with van der Waals surface area (Å²) in [5.74, 6) is 0.339. The summed E-state index contributed by atoms with van der Waals surface area (Å²) in [6, 6.07) is -0.470. The maximum atomic E-state index is 11.9. The first-order chi connectivity index (χ1) is 15.0. The fourth-order valence-electron chi connectivity index (χ4n) is 3.94. The van der Waals surface area contributed by atoms with E-state index in [1.807, 2.05) is 4.90 Å². The molecule has 0 spiro atoms. The van der Waals surface area contributed by atoms with Crippen LogP contribution >= 0.6 is 0 Å². The number of hydroxylamine groups is 1. The zero-order valence-corrected chi connectivity index (χ0v) is 18.2. The summed E-state index contributed by atoms with van der Waals surface area (Å²) < 4.78 is 5.40. The summed E-state index contributed by atoms with van der Waals surface area (Å²) in [6.45, 7) is 3.17. The highest BCUT2D eigenvalue weighted by atomic mass is 16.8. The van der Waals surface area contributed by atoms with Crippen LogP contribution in [0, 0.1) is 5.92 Å². The summed E-state index contributed by atoms with van der Waals surface area (Å²) in [4.78, 5) is 39.8. The van der Waals surface area contributed by atoms with Gasteiger partial charge in [0.1, 0.15) is 11.9 Å². The minimum atomic E-state index is -0.470. The first-order valence-corrected chi connectivity index (χ1v) is 11.2. The molecule has 2 amide bonds. The molecule has 2 heterocycles. The number of carbonyl (C=O) groups is 2.